The minimum absolute atomic E-state index is 0.128. The molecule has 3 aromatic rings. The third kappa shape index (κ3) is 4.98. The number of anilines is 1. The van der Waals surface area contributed by atoms with Crippen molar-refractivity contribution in [2.75, 3.05) is 11.9 Å². The second-order valence-electron chi connectivity index (χ2n) is 6.70. The number of unbranched alkanes of at least 4 members (excludes halogenated alkanes) is 1. The summed E-state index contributed by atoms with van der Waals surface area (Å²) < 4.78 is 0. The lowest BCUT2D eigenvalue weighted by Crippen LogP contribution is -2.35. The average Bonchev–Trinajstić information content (AvgIpc) is 2.67. The van der Waals surface area contributed by atoms with E-state index >= 15 is 0 Å². The summed E-state index contributed by atoms with van der Waals surface area (Å²) in [7, 11) is 0. The molecule has 0 unspecified atom stereocenters. The van der Waals surface area contributed by atoms with Gasteiger partial charge in [0.1, 0.15) is 5.15 Å². The number of aromatic nitrogens is 1. The van der Waals surface area contributed by atoms with Crippen molar-refractivity contribution in [1.29, 1.82) is 0 Å². The Kier molecular flexibility index (Phi) is 6.30. The van der Waals surface area contributed by atoms with E-state index in [-0.39, 0.29) is 6.03 Å². The second kappa shape index (κ2) is 8.87. The first-order valence-electron chi connectivity index (χ1n) is 9.23. The van der Waals surface area contributed by atoms with Gasteiger partial charge in [0, 0.05) is 23.2 Å². The van der Waals surface area contributed by atoms with Crippen molar-refractivity contribution in [3.8, 4) is 0 Å². The number of hydrogen-bond acceptors (Lipinski definition) is 2. The number of urea groups is 1. The number of aryl methyl sites for hydroxylation is 1. The molecule has 0 radical (unpaired) electrons. The lowest BCUT2D eigenvalue weighted by molar-refractivity contribution is 0.208. The molecule has 4 nitrogen and oxygen atoms in total. The van der Waals surface area contributed by atoms with Gasteiger partial charge in [-0.05, 0) is 37.6 Å². The third-order valence-corrected chi connectivity index (χ3v) is 4.81. The predicted molar refractivity (Wildman–Crippen MR) is 112 cm³/mol. The third-order valence-electron chi connectivity index (χ3n) is 4.48. The van der Waals surface area contributed by atoms with Crippen molar-refractivity contribution in [2.45, 2.75) is 33.2 Å². The summed E-state index contributed by atoms with van der Waals surface area (Å²) in [5, 5.41) is 4.44. The van der Waals surface area contributed by atoms with Crippen LogP contribution in [-0.2, 0) is 6.54 Å². The standard InChI is InChI=1S/C22H24ClN3O/c1-3-4-13-26(22(27)24-19-11-9-16(2)10-12-19)15-18-14-17-7-5-6-8-20(17)25-21(18)23/h5-12,14H,3-4,13,15H2,1-2H3,(H,24,27). The molecule has 1 heterocycles. The van der Waals surface area contributed by atoms with Gasteiger partial charge in [-0.1, -0.05) is 60.8 Å². The van der Waals surface area contributed by atoms with Gasteiger partial charge < -0.3 is 10.2 Å². The van der Waals surface area contributed by atoms with Crippen LogP contribution in [0.3, 0.4) is 0 Å². The van der Waals surface area contributed by atoms with E-state index in [0.29, 0.717) is 18.2 Å². The molecular weight excluding hydrogens is 358 g/mol. The lowest BCUT2D eigenvalue weighted by atomic mass is 10.1. The topological polar surface area (TPSA) is 45.2 Å². The Balaban J connectivity index is 1.80. The maximum Gasteiger partial charge on any atom is 0.322 e. The van der Waals surface area contributed by atoms with Gasteiger partial charge in [-0.3, -0.25) is 0 Å². The first kappa shape index (κ1) is 19.2. The van der Waals surface area contributed by atoms with E-state index in [4.69, 9.17) is 11.6 Å². The van der Waals surface area contributed by atoms with Gasteiger partial charge in [0.15, 0.2) is 0 Å². The van der Waals surface area contributed by atoms with E-state index in [1.807, 2.05) is 61.5 Å². The van der Waals surface area contributed by atoms with E-state index in [1.54, 1.807) is 4.90 Å². The number of amides is 2. The maximum absolute atomic E-state index is 12.8. The number of nitrogens with one attached hydrogen (secondary N) is 1. The fourth-order valence-electron chi connectivity index (χ4n) is 2.89. The van der Waals surface area contributed by atoms with E-state index in [9.17, 15) is 4.79 Å². The summed E-state index contributed by atoms with van der Waals surface area (Å²) in [6.07, 6.45) is 1.94. The van der Waals surface area contributed by atoms with Gasteiger partial charge in [-0.25, -0.2) is 9.78 Å². The second-order valence-corrected chi connectivity index (χ2v) is 7.06. The first-order chi connectivity index (χ1) is 13.1. The molecule has 0 spiro atoms. The Labute approximate surface area is 165 Å². The molecular formula is C22H24ClN3O. The molecule has 27 heavy (non-hydrogen) atoms. The van der Waals surface area contributed by atoms with Crippen LogP contribution in [0.25, 0.3) is 10.9 Å². The van der Waals surface area contributed by atoms with Crippen molar-refractivity contribution in [3.05, 3.63) is 70.9 Å². The maximum atomic E-state index is 12.8. The van der Waals surface area contributed by atoms with Crippen molar-refractivity contribution in [2.24, 2.45) is 0 Å². The number of carbonyl (C=O) groups excluding carboxylic acids is 1. The first-order valence-corrected chi connectivity index (χ1v) is 9.61. The summed E-state index contributed by atoms with van der Waals surface area (Å²) in [5.74, 6) is 0. The van der Waals surface area contributed by atoms with Gasteiger partial charge in [0.2, 0.25) is 0 Å². The molecule has 2 aromatic carbocycles. The zero-order valence-corrected chi connectivity index (χ0v) is 16.5. The Morgan fingerprint density at radius 2 is 1.89 bits per heavy atom. The number of carbonyl (C=O) groups is 1. The Morgan fingerprint density at radius 3 is 2.63 bits per heavy atom. The SMILES string of the molecule is CCCCN(Cc1cc2ccccc2nc1Cl)C(=O)Nc1ccc(C)cc1. The molecule has 140 valence electrons. The molecule has 0 aliphatic carbocycles. The fraction of sp³-hybridized carbons (Fsp3) is 0.273. The molecule has 1 aromatic heterocycles. The fourth-order valence-corrected chi connectivity index (χ4v) is 3.10. The molecule has 2 amide bonds. The van der Waals surface area contributed by atoms with E-state index in [1.165, 1.54) is 0 Å². The highest BCUT2D eigenvalue weighted by molar-refractivity contribution is 6.30. The Morgan fingerprint density at radius 1 is 1.15 bits per heavy atom. The molecule has 0 fully saturated rings. The molecule has 0 atom stereocenters. The summed E-state index contributed by atoms with van der Waals surface area (Å²) in [6, 6.07) is 17.5. The van der Waals surface area contributed by atoms with Gasteiger partial charge >= 0.3 is 6.03 Å². The van der Waals surface area contributed by atoms with Crippen molar-refractivity contribution in [3.63, 3.8) is 0 Å². The largest absolute Gasteiger partial charge is 0.322 e. The van der Waals surface area contributed by atoms with Crippen LogP contribution >= 0.6 is 11.6 Å². The Hall–Kier alpha value is -2.59. The lowest BCUT2D eigenvalue weighted by Gasteiger charge is -2.23. The highest BCUT2D eigenvalue weighted by Crippen LogP contribution is 2.22. The van der Waals surface area contributed by atoms with Crippen LogP contribution in [0.15, 0.2) is 54.6 Å². The van der Waals surface area contributed by atoms with E-state index in [0.717, 1.165) is 40.6 Å². The minimum Gasteiger partial charge on any atom is -0.320 e. The van der Waals surface area contributed by atoms with Crippen molar-refractivity contribution in [1.82, 2.24) is 9.88 Å². The number of hydrogen-bond donors (Lipinski definition) is 1. The summed E-state index contributed by atoms with van der Waals surface area (Å²) in [5.41, 5.74) is 3.65. The number of pyridine rings is 1. The smallest absolute Gasteiger partial charge is 0.320 e. The zero-order chi connectivity index (χ0) is 19.2. The van der Waals surface area contributed by atoms with Crippen LogP contribution in [0.1, 0.15) is 30.9 Å². The van der Waals surface area contributed by atoms with Crippen LogP contribution in [0.2, 0.25) is 5.15 Å². The number of fused-ring (bicyclic) bond motifs is 1. The number of halogens is 1. The molecule has 0 aliphatic heterocycles. The molecule has 5 heteroatoms. The molecule has 3 rings (SSSR count). The minimum atomic E-state index is -0.128. The van der Waals surface area contributed by atoms with E-state index in [2.05, 4.69) is 17.2 Å². The molecule has 0 bridgehead atoms. The molecule has 1 N–H and O–H groups in total. The van der Waals surface area contributed by atoms with Crippen LogP contribution in [0, 0.1) is 6.92 Å². The number of rotatable bonds is 6. The summed E-state index contributed by atoms with van der Waals surface area (Å²) in [6.45, 7) is 5.22. The quantitative estimate of drug-likeness (QED) is 0.530. The molecule has 0 aliphatic rings. The van der Waals surface area contributed by atoms with Crippen molar-refractivity contribution >= 4 is 34.2 Å². The van der Waals surface area contributed by atoms with Crippen LogP contribution < -0.4 is 5.32 Å². The van der Waals surface area contributed by atoms with Crippen molar-refractivity contribution < 1.29 is 4.79 Å². The molecule has 0 saturated heterocycles. The van der Waals surface area contributed by atoms with Gasteiger partial charge in [-0.2, -0.15) is 0 Å². The number of nitrogens with zero attached hydrogens (tertiary/aromatic N) is 2. The van der Waals surface area contributed by atoms with E-state index < -0.39 is 0 Å². The summed E-state index contributed by atoms with van der Waals surface area (Å²) >= 11 is 6.39. The summed E-state index contributed by atoms with van der Waals surface area (Å²) in [4.78, 5) is 19.1. The zero-order valence-electron chi connectivity index (χ0n) is 15.7. The average molecular weight is 382 g/mol. The highest BCUT2D eigenvalue weighted by Gasteiger charge is 2.16. The predicted octanol–water partition coefficient (Wildman–Crippen LogP) is 6.03. The Bertz CT molecular complexity index is 924. The highest BCUT2D eigenvalue weighted by atomic mass is 35.5. The van der Waals surface area contributed by atoms with Crippen LogP contribution in [0.5, 0.6) is 0 Å². The van der Waals surface area contributed by atoms with Gasteiger partial charge in [-0.15, -0.1) is 0 Å². The normalized spacial score (nSPS) is 10.8. The van der Waals surface area contributed by atoms with Crippen LogP contribution in [0.4, 0.5) is 10.5 Å². The van der Waals surface area contributed by atoms with Gasteiger partial charge in [0.25, 0.3) is 0 Å². The van der Waals surface area contributed by atoms with Gasteiger partial charge in [0.05, 0.1) is 12.1 Å². The number of benzene rings is 2. The molecule has 0 saturated carbocycles. The number of para-hydroxylation sites is 1. The monoisotopic (exact) mass is 381 g/mol. The van der Waals surface area contributed by atoms with Crippen LogP contribution in [-0.4, -0.2) is 22.5 Å².